The number of nitrogens with zero attached hydrogens (tertiary/aromatic N) is 2. The quantitative estimate of drug-likeness (QED) is 0.689. The van der Waals surface area contributed by atoms with Crippen LogP contribution in [-0.4, -0.2) is 47.6 Å². The molecule has 0 amide bonds. The van der Waals surface area contributed by atoms with Gasteiger partial charge < -0.3 is 0 Å². The molecule has 2 aliphatic rings. The summed E-state index contributed by atoms with van der Waals surface area (Å²) in [5.74, 6) is 7.30. The summed E-state index contributed by atoms with van der Waals surface area (Å²) in [6.45, 7) is 7.91. The molecule has 0 atom stereocenters. The second kappa shape index (κ2) is 5.28. The zero-order valence-electron chi connectivity index (χ0n) is 10.4. The van der Waals surface area contributed by atoms with Crippen LogP contribution < -0.4 is 0 Å². The third kappa shape index (κ3) is 3.05. The van der Waals surface area contributed by atoms with Gasteiger partial charge in [0.25, 0.3) is 0 Å². The average Bonchev–Trinajstić information content (AvgIpc) is 2.70. The van der Waals surface area contributed by atoms with Crippen molar-refractivity contribution in [3.63, 3.8) is 0 Å². The molecule has 0 aromatic heterocycles. The Morgan fingerprint density at radius 1 is 1.44 bits per heavy atom. The third-order valence-electron chi connectivity index (χ3n) is 3.28. The maximum Gasteiger partial charge on any atom is 0.0507 e. The van der Waals surface area contributed by atoms with E-state index in [9.17, 15) is 0 Å². The lowest BCUT2D eigenvalue weighted by molar-refractivity contribution is 0.327. The number of aliphatic imine (C=N–C) groups is 1. The Hall–Kier alpha value is -0.410. The number of allylic oxidation sites excluding steroid dienone is 1. The fourth-order valence-electron chi connectivity index (χ4n) is 2.08. The molecule has 2 rings (SSSR count). The summed E-state index contributed by atoms with van der Waals surface area (Å²) in [6, 6.07) is 0. The van der Waals surface area contributed by atoms with E-state index in [0.29, 0.717) is 16.4 Å². The van der Waals surface area contributed by atoms with Crippen molar-refractivity contribution >= 4 is 22.1 Å². The molecule has 2 heterocycles. The first-order valence-electron chi connectivity index (χ1n) is 6.11. The zero-order chi connectivity index (χ0) is 11.5. The summed E-state index contributed by atoms with van der Waals surface area (Å²) in [5, 5.41) is 0. The summed E-state index contributed by atoms with van der Waals surface area (Å²) >= 11 is 0. The molecule has 1 saturated heterocycles. The molecule has 3 heteroatoms. The maximum atomic E-state index is 4.72. The van der Waals surface area contributed by atoms with Gasteiger partial charge in [0, 0.05) is 43.3 Å². The van der Waals surface area contributed by atoms with Crippen molar-refractivity contribution in [3.8, 4) is 0 Å². The Morgan fingerprint density at radius 2 is 2.12 bits per heavy atom. The van der Waals surface area contributed by atoms with Gasteiger partial charge >= 0.3 is 0 Å². The van der Waals surface area contributed by atoms with Gasteiger partial charge in [0.05, 0.1) is 5.70 Å². The van der Waals surface area contributed by atoms with Crippen LogP contribution in [0.5, 0.6) is 0 Å². The molecule has 0 radical (unpaired) electrons. The minimum absolute atomic E-state index is 0.425. The first-order valence-corrected chi connectivity index (χ1v) is 7.84. The van der Waals surface area contributed by atoms with Gasteiger partial charge in [-0.15, -0.1) is 0 Å². The van der Waals surface area contributed by atoms with Crippen molar-refractivity contribution in [2.24, 2.45) is 10.9 Å². The van der Waals surface area contributed by atoms with E-state index in [2.05, 4.69) is 30.7 Å². The van der Waals surface area contributed by atoms with E-state index in [1.165, 1.54) is 36.0 Å². The Labute approximate surface area is 101 Å². The second-order valence-electron chi connectivity index (χ2n) is 4.95. The lowest BCUT2D eigenvalue weighted by Crippen LogP contribution is -2.34. The van der Waals surface area contributed by atoms with Gasteiger partial charge in [-0.1, -0.05) is 25.8 Å². The predicted molar refractivity (Wildman–Crippen MR) is 75.9 cm³/mol. The van der Waals surface area contributed by atoms with E-state index in [0.717, 1.165) is 13.0 Å². The van der Waals surface area contributed by atoms with E-state index in [-0.39, 0.29) is 0 Å². The minimum Gasteiger partial charge on any atom is -0.296 e. The summed E-state index contributed by atoms with van der Waals surface area (Å²) in [7, 11) is 0.425. The van der Waals surface area contributed by atoms with Crippen LogP contribution >= 0.6 is 10.5 Å². The van der Waals surface area contributed by atoms with E-state index < -0.39 is 0 Å². The van der Waals surface area contributed by atoms with E-state index in [4.69, 9.17) is 4.99 Å². The van der Waals surface area contributed by atoms with Crippen molar-refractivity contribution in [3.05, 3.63) is 11.8 Å². The highest BCUT2D eigenvalue weighted by atomic mass is 32.2. The highest BCUT2D eigenvalue weighted by Gasteiger charge is 2.16. The van der Waals surface area contributed by atoms with Crippen molar-refractivity contribution in [1.29, 1.82) is 0 Å². The van der Waals surface area contributed by atoms with E-state index >= 15 is 0 Å². The Morgan fingerprint density at radius 3 is 2.69 bits per heavy atom. The van der Waals surface area contributed by atoms with Gasteiger partial charge in [-0.05, 0) is 5.92 Å². The van der Waals surface area contributed by atoms with Crippen molar-refractivity contribution in [2.75, 3.05) is 31.1 Å². The maximum absolute atomic E-state index is 4.72. The van der Waals surface area contributed by atoms with Crippen LogP contribution in [0.1, 0.15) is 20.3 Å². The van der Waals surface area contributed by atoms with Crippen molar-refractivity contribution in [1.82, 2.24) is 4.90 Å². The summed E-state index contributed by atoms with van der Waals surface area (Å²) in [4.78, 5) is 7.24. The average molecular weight is 238 g/mol. The van der Waals surface area contributed by atoms with Crippen LogP contribution in [0.4, 0.5) is 0 Å². The smallest absolute Gasteiger partial charge is 0.0507 e. The summed E-state index contributed by atoms with van der Waals surface area (Å²) < 4.78 is 0. The summed E-state index contributed by atoms with van der Waals surface area (Å²) in [6.07, 6.45) is 3.37. The van der Waals surface area contributed by atoms with Gasteiger partial charge in [0.15, 0.2) is 0 Å². The molecule has 0 unspecified atom stereocenters. The molecule has 0 N–H and O–H groups in total. The molecule has 0 saturated carbocycles. The molecule has 0 spiro atoms. The molecule has 0 aliphatic carbocycles. The highest BCUT2D eigenvalue weighted by Crippen LogP contribution is 2.20. The lowest BCUT2D eigenvalue weighted by Gasteiger charge is -2.28. The van der Waals surface area contributed by atoms with Gasteiger partial charge in [0.1, 0.15) is 0 Å². The molecule has 16 heavy (non-hydrogen) atoms. The van der Waals surface area contributed by atoms with Crippen molar-refractivity contribution < 1.29 is 0 Å². The molecule has 90 valence electrons. The first-order chi connectivity index (χ1) is 7.65. The number of hydrogen-bond acceptors (Lipinski definition) is 2. The van der Waals surface area contributed by atoms with Crippen LogP contribution in [-0.2, 0) is 0 Å². The SMILES string of the molecule is C=S1CCN(CC2=CCC(C(C)C)=N2)CC1. The molecular weight excluding hydrogens is 216 g/mol. The topological polar surface area (TPSA) is 15.6 Å². The third-order valence-corrected chi connectivity index (χ3v) is 4.80. The Kier molecular flexibility index (Phi) is 3.98. The first kappa shape index (κ1) is 12.1. The summed E-state index contributed by atoms with van der Waals surface area (Å²) in [5.41, 5.74) is 2.64. The minimum atomic E-state index is 0.425. The molecule has 0 aromatic rings. The van der Waals surface area contributed by atoms with Gasteiger partial charge in [0.2, 0.25) is 0 Å². The standard InChI is InChI=1S/C13H22N2S/c1-11(2)13-5-4-12(14-13)10-15-6-8-16(3)9-7-15/h4,11H,3,5-10H2,1-2H3. The van der Waals surface area contributed by atoms with Gasteiger partial charge in [-0.25, -0.2) is 0 Å². The predicted octanol–water partition coefficient (Wildman–Crippen LogP) is 2.39. The van der Waals surface area contributed by atoms with Crippen LogP contribution in [0.25, 0.3) is 0 Å². The molecule has 2 nitrogen and oxygen atoms in total. The lowest BCUT2D eigenvalue weighted by atomic mass is 10.1. The van der Waals surface area contributed by atoms with Gasteiger partial charge in [-0.3, -0.25) is 9.89 Å². The van der Waals surface area contributed by atoms with Crippen LogP contribution in [0.3, 0.4) is 0 Å². The van der Waals surface area contributed by atoms with E-state index in [1.54, 1.807) is 0 Å². The fourth-order valence-corrected chi connectivity index (χ4v) is 3.32. The molecule has 1 fully saturated rings. The highest BCUT2D eigenvalue weighted by molar-refractivity contribution is 8.14. The van der Waals surface area contributed by atoms with Crippen LogP contribution in [0, 0.1) is 5.92 Å². The number of rotatable bonds is 3. The molecule has 2 aliphatic heterocycles. The molecular formula is C13H22N2S. The van der Waals surface area contributed by atoms with Crippen LogP contribution in [0.2, 0.25) is 0 Å². The normalized spacial score (nSPS) is 23.7. The van der Waals surface area contributed by atoms with Gasteiger partial charge in [-0.2, -0.15) is 10.5 Å². The largest absolute Gasteiger partial charge is 0.296 e. The number of hydrogen-bond donors (Lipinski definition) is 0. The van der Waals surface area contributed by atoms with E-state index in [1.807, 2.05) is 0 Å². The van der Waals surface area contributed by atoms with Crippen LogP contribution in [0.15, 0.2) is 16.8 Å². The fraction of sp³-hybridized carbons (Fsp3) is 0.692. The zero-order valence-corrected chi connectivity index (χ0v) is 11.2. The Balaban J connectivity index is 1.85. The monoisotopic (exact) mass is 238 g/mol. The molecule has 0 bridgehead atoms. The Bertz CT molecular complexity index is 332. The van der Waals surface area contributed by atoms with Crippen molar-refractivity contribution in [2.45, 2.75) is 20.3 Å². The molecule has 0 aromatic carbocycles. The second-order valence-corrected chi connectivity index (χ2v) is 7.00.